The number of sulfonamides is 1. The van der Waals surface area contributed by atoms with Gasteiger partial charge in [-0.05, 0) is 31.4 Å². The molecule has 0 radical (unpaired) electrons. The van der Waals surface area contributed by atoms with Gasteiger partial charge in [-0.15, -0.1) is 12.4 Å². The average Bonchev–Trinajstić information content (AvgIpc) is 2.42. The molecule has 0 atom stereocenters. The molecule has 0 heterocycles. The summed E-state index contributed by atoms with van der Waals surface area (Å²) in [5, 5.41) is 10.8. The van der Waals surface area contributed by atoms with Crippen molar-refractivity contribution in [1.29, 1.82) is 0 Å². The van der Waals surface area contributed by atoms with Crippen LogP contribution in [0.1, 0.15) is 25.3 Å². The summed E-state index contributed by atoms with van der Waals surface area (Å²) in [5.74, 6) is 0. The highest BCUT2D eigenvalue weighted by Crippen LogP contribution is 2.22. The molecule has 0 aliphatic carbocycles. The summed E-state index contributed by atoms with van der Waals surface area (Å²) in [4.78, 5) is 10.1. The lowest BCUT2D eigenvalue weighted by atomic mass is 10.1. The monoisotopic (exact) mass is 337 g/mol. The van der Waals surface area contributed by atoms with Crippen LogP contribution in [0.15, 0.2) is 23.1 Å². The van der Waals surface area contributed by atoms with E-state index < -0.39 is 14.9 Å². The summed E-state index contributed by atoms with van der Waals surface area (Å²) in [6.07, 6.45) is 1.83. The minimum Gasteiger partial charge on any atom is -0.330 e. The molecular formula is C12H20ClN3O4S. The Balaban J connectivity index is 0.00000400. The molecule has 0 fully saturated rings. The van der Waals surface area contributed by atoms with Crippen LogP contribution in [0, 0.1) is 10.1 Å². The molecule has 0 bridgehead atoms. The number of nitrogens with one attached hydrogen (secondary N) is 1. The minimum absolute atomic E-state index is 0. The van der Waals surface area contributed by atoms with E-state index in [4.69, 9.17) is 5.73 Å². The number of nitrogens with two attached hydrogens (primary N) is 1. The minimum atomic E-state index is -3.73. The van der Waals surface area contributed by atoms with Crippen molar-refractivity contribution < 1.29 is 13.3 Å². The van der Waals surface area contributed by atoms with E-state index in [0.717, 1.165) is 12.5 Å². The number of aryl methyl sites for hydroxylation is 1. The van der Waals surface area contributed by atoms with Crippen LogP contribution in [0.2, 0.25) is 0 Å². The maximum absolute atomic E-state index is 12.2. The molecular weight excluding hydrogens is 318 g/mol. The van der Waals surface area contributed by atoms with E-state index >= 15 is 0 Å². The fraction of sp³-hybridized carbons (Fsp3) is 0.500. The largest absolute Gasteiger partial charge is 0.330 e. The summed E-state index contributed by atoms with van der Waals surface area (Å²) in [6, 6.07) is 3.89. The van der Waals surface area contributed by atoms with Crippen LogP contribution in [0.3, 0.4) is 0 Å². The number of hydrogen-bond donors (Lipinski definition) is 2. The van der Waals surface area contributed by atoms with E-state index in [1.165, 1.54) is 12.1 Å². The van der Waals surface area contributed by atoms with Gasteiger partial charge >= 0.3 is 0 Å². The molecule has 21 heavy (non-hydrogen) atoms. The van der Waals surface area contributed by atoms with E-state index in [1.807, 2.05) is 0 Å². The standard InChI is InChI=1S/C12H19N3O4S.ClH/c1-2-10-5-6-11(15(16)17)9-12(10)20(18,19)14-8-4-3-7-13;/h5-6,9,14H,2-4,7-8,13H2,1H3;1H. The van der Waals surface area contributed by atoms with Gasteiger partial charge in [-0.25, -0.2) is 13.1 Å². The van der Waals surface area contributed by atoms with Gasteiger partial charge < -0.3 is 5.73 Å². The van der Waals surface area contributed by atoms with Gasteiger partial charge in [0.15, 0.2) is 0 Å². The van der Waals surface area contributed by atoms with Crippen LogP contribution in [0.5, 0.6) is 0 Å². The number of nitro benzene ring substituents is 1. The second-order valence-electron chi connectivity index (χ2n) is 4.30. The summed E-state index contributed by atoms with van der Waals surface area (Å²) in [5.41, 5.74) is 5.66. The van der Waals surface area contributed by atoms with Crippen molar-refractivity contribution >= 4 is 28.1 Å². The van der Waals surface area contributed by atoms with Gasteiger partial charge in [0.1, 0.15) is 0 Å². The zero-order valence-corrected chi connectivity index (χ0v) is 13.4. The molecule has 0 aliphatic heterocycles. The van der Waals surface area contributed by atoms with Crippen LogP contribution < -0.4 is 10.5 Å². The molecule has 1 aromatic rings. The van der Waals surface area contributed by atoms with Crippen molar-refractivity contribution in [3.8, 4) is 0 Å². The van der Waals surface area contributed by atoms with Gasteiger partial charge in [-0.2, -0.15) is 0 Å². The Bertz CT molecular complexity index is 578. The third kappa shape index (κ3) is 5.58. The zero-order valence-electron chi connectivity index (χ0n) is 11.7. The molecule has 3 N–H and O–H groups in total. The van der Waals surface area contributed by atoms with Crippen LogP contribution in [0.4, 0.5) is 5.69 Å². The number of hydrogen-bond acceptors (Lipinski definition) is 5. The Morgan fingerprint density at radius 2 is 2.00 bits per heavy atom. The van der Waals surface area contributed by atoms with Gasteiger partial charge in [0.05, 0.1) is 9.82 Å². The molecule has 0 aliphatic rings. The first kappa shape index (κ1) is 19.8. The maximum atomic E-state index is 12.2. The van der Waals surface area contributed by atoms with Gasteiger partial charge in [-0.3, -0.25) is 10.1 Å². The van der Waals surface area contributed by atoms with Crippen molar-refractivity contribution in [2.24, 2.45) is 5.73 Å². The van der Waals surface area contributed by atoms with Crippen LogP contribution >= 0.6 is 12.4 Å². The normalized spacial score (nSPS) is 11.0. The first-order chi connectivity index (χ1) is 9.42. The van der Waals surface area contributed by atoms with Crippen LogP contribution in [0.25, 0.3) is 0 Å². The molecule has 0 unspecified atom stereocenters. The van der Waals surface area contributed by atoms with E-state index in [0.29, 0.717) is 24.9 Å². The number of rotatable bonds is 8. The third-order valence-corrected chi connectivity index (χ3v) is 4.40. The molecule has 7 nitrogen and oxygen atoms in total. The SMILES string of the molecule is CCc1ccc([N+](=O)[O-])cc1S(=O)(=O)NCCCCN.Cl. The first-order valence-corrected chi connectivity index (χ1v) is 7.87. The molecule has 0 amide bonds. The topological polar surface area (TPSA) is 115 Å². The Morgan fingerprint density at radius 3 is 2.52 bits per heavy atom. The van der Waals surface area contributed by atoms with Gasteiger partial charge in [-0.1, -0.05) is 13.0 Å². The smallest absolute Gasteiger partial charge is 0.270 e. The molecule has 0 saturated heterocycles. The highest BCUT2D eigenvalue weighted by Gasteiger charge is 2.20. The number of unbranched alkanes of at least 4 members (excludes halogenated alkanes) is 1. The predicted molar refractivity (Wildman–Crippen MR) is 83.2 cm³/mol. The van der Waals surface area contributed by atoms with E-state index in [2.05, 4.69) is 4.72 Å². The van der Waals surface area contributed by atoms with Crippen molar-refractivity contribution in [3.05, 3.63) is 33.9 Å². The third-order valence-electron chi connectivity index (χ3n) is 2.85. The summed E-state index contributed by atoms with van der Waals surface area (Å²) >= 11 is 0. The summed E-state index contributed by atoms with van der Waals surface area (Å²) in [7, 11) is -3.73. The number of nitrogens with zero attached hydrogens (tertiary/aromatic N) is 1. The number of benzene rings is 1. The molecule has 9 heteroatoms. The number of non-ortho nitro benzene ring substituents is 1. The second-order valence-corrected chi connectivity index (χ2v) is 6.03. The predicted octanol–water partition coefficient (Wildman–Crippen LogP) is 1.60. The van der Waals surface area contributed by atoms with Crippen LogP contribution in [-0.4, -0.2) is 26.4 Å². The average molecular weight is 338 g/mol. The quantitative estimate of drug-likeness (QED) is 0.424. The van der Waals surface area contributed by atoms with E-state index in [1.54, 1.807) is 6.92 Å². The maximum Gasteiger partial charge on any atom is 0.270 e. The summed E-state index contributed by atoms with van der Waals surface area (Å²) < 4.78 is 26.8. The molecule has 0 saturated carbocycles. The summed E-state index contributed by atoms with van der Waals surface area (Å²) in [6.45, 7) is 2.57. The van der Waals surface area contributed by atoms with Crippen LogP contribution in [-0.2, 0) is 16.4 Å². The van der Waals surface area contributed by atoms with Gasteiger partial charge in [0.25, 0.3) is 5.69 Å². The molecule has 1 rings (SSSR count). The first-order valence-electron chi connectivity index (χ1n) is 6.39. The molecule has 0 aromatic heterocycles. The highest BCUT2D eigenvalue weighted by molar-refractivity contribution is 7.89. The fourth-order valence-corrected chi connectivity index (χ4v) is 3.15. The lowest BCUT2D eigenvalue weighted by Gasteiger charge is -2.10. The lowest BCUT2D eigenvalue weighted by Crippen LogP contribution is -2.26. The Hall–Kier alpha value is -1.22. The molecule has 0 spiro atoms. The molecule has 1 aromatic carbocycles. The van der Waals surface area contributed by atoms with Gasteiger partial charge in [0, 0.05) is 18.7 Å². The Labute approximate surface area is 130 Å². The van der Waals surface area contributed by atoms with Crippen molar-refractivity contribution in [1.82, 2.24) is 4.72 Å². The number of halogens is 1. The highest BCUT2D eigenvalue weighted by atomic mass is 35.5. The Kier molecular flexibility index (Phi) is 8.41. The Morgan fingerprint density at radius 1 is 1.33 bits per heavy atom. The lowest BCUT2D eigenvalue weighted by molar-refractivity contribution is -0.385. The van der Waals surface area contributed by atoms with Crippen molar-refractivity contribution in [3.63, 3.8) is 0 Å². The fourth-order valence-electron chi connectivity index (χ4n) is 1.75. The van der Waals surface area contributed by atoms with Crippen molar-refractivity contribution in [2.75, 3.05) is 13.1 Å². The molecule has 120 valence electrons. The van der Waals surface area contributed by atoms with E-state index in [9.17, 15) is 18.5 Å². The van der Waals surface area contributed by atoms with Gasteiger partial charge in [0.2, 0.25) is 10.0 Å². The van der Waals surface area contributed by atoms with Crippen molar-refractivity contribution in [2.45, 2.75) is 31.1 Å². The number of nitro groups is 1. The zero-order chi connectivity index (χ0) is 15.2. The van der Waals surface area contributed by atoms with E-state index in [-0.39, 0.29) is 29.5 Å². The second kappa shape index (κ2) is 8.93.